The van der Waals surface area contributed by atoms with Crippen molar-refractivity contribution >= 4 is 57.4 Å². The fourth-order valence-corrected chi connectivity index (χ4v) is 5.83. The number of hydrogen-bond donors (Lipinski definition) is 3. The smallest absolute Gasteiger partial charge is 0.416 e. The van der Waals surface area contributed by atoms with Crippen molar-refractivity contribution in [1.82, 2.24) is 5.32 Å². The number of carboxylic acid groups (broad SMARTS) is 1. The van der Waals surface area contributed by atoms with E-state index < -0.39 is 47.4 Å². The predicted octanol–water partition coefficient (Wildman–Crippen LogP) is 7.50. The predicted molar refractivity (Wildman–Crippen MR) is 148 cm³/mol. The number of amides is 2. The molecule has 2 amide bonds. The van der Waals surface area contributed by atoms with Crippen molar-refractivity contribution in [3.05, 3.63) is 75.3 Å². The first-order valence-electron chi connectivity index (χ1n) is 12.7. The number of halogens is 5. The standard InChI is InChI=1S/C29H27Cl2F3N2O4/c1-28(9-5-2-6-10-28)25(27(39)40)36-26(38)20-11-16-7-3-4-8-17(16)12-23(20)35-24(37)15-19-21(30)13-18(14-22(19)31)29(32,33)34/h3-4,7-8,11-14,25H,2,5-6,9-10,15H2,1H3,(H,35,37)(H,36,38)(H,39,40)/t25-/m1/s1. The Labute approximate surface area is 238 Å². The molecule has 0 bridgehead atoms. The third kappa shape index (κ3) is 6.53. The van der Waals surface area contributed by atoms with Crippen LogP contribution in [-0.2, 0) is 22.2 Å². The number of carboxylic acids is 1. The Hall–Kier alpha value is -3.30. The lowest BCUT2D eigenvalue weighted by Crippen LogP contribution is -2.52. The molecule has 0 aliphatic heterocycles. The van der Waals surface area contributed by atoms with Gasteiger partial charge in [0.1, 0.15) is 6.04 Å². The molecule has 3 aromatic carbocycles. The SMILES string of the molecule is CC1([C@H](NC(=O)c2cc3ccccc3cc2NC(=O)Cc2c(Cl)cc(C(F)(F)F)cc2Cl)C(=O)O)CCCCC1. The van der Waals surface area contributed by atoms with Gasteiger partial charge in [-0.25, -0.2) is 4.79 Å². The van der Waals surface area contributed by atoms with E-state index in [0.29, 0.717) is 35.7 Å². The van der Waals surface area contributed by atoms with Gasteiger partial charge in [-0.05, 0) is 58.9 Å². The Morgan fingerprint density at radius 1 is 0.975 bits per heavy atom. The molecule has 11 heteroatoms. The van der Waals surface area contributed by atoms with Crippen molar-refractivity contribution in [2.75, 3.05) is 5.32 Å². The minimum absolute atomic E-state index is 0.00297. The number of anilines is 1. The summed E-state index contributed by atoms with van der Waals surface area (Å²) in [6.45, 7) is 1.85. The summed E-state index contributed by atoms with van der Waals surface area (Å²) in [4.78, 5) is 38.8. The van der Waals surface area contributed by atoms with E-state index in [1.807, 2.05) is 6.92 Å². The van der Waals surface area contributed by atoms with Crippen LogP contribution < -0.4 is 10.6 Å². The van der Waals surface area contributed by atoms with Crippen LogP contribution in [0.3, 0.4) is 0 Å². The van der Waals surface area contributed by atoms with E-state index in [1.54, 1.807) is 36.4 Å². The molecule has 1 aliphatic rings. The van der Waals surface area contributed by atoms with Gasteiger partial charge in [0.15, 0.2) is 0 Å². The Balaban J connectivity index is 1.64. The molecule has 3 N–H and O–H groups in total. The maximum atomic E-state index is 13.5. The number of hydrogen-bond acceptors (Lipinski definition) is 3. The van der Waals surface area contributed by atoms with Crippen LogP contribution in [0.1, 0.15) is 60.5 Å². The molecule has 212 valence electrons. The molecule has 1 atom stereocenters. The third-order valence-electron chi connectivity index (χ3n) is 7.43. The summed E-state index contributed by atoms with van der Waals surface area (Å²) < 4.78 is 39.3. The van der Waals surface area contributed by atoms with Gasteiger partial charge in [0.25, 0.3) is 5.91 Å². The van der Waals surface area contributed by atoms with E-state index in [4.69, 9.17) is 23.2 Å². The first-order valence-corrected chi connectivity index (χ1v) is 13.5. The number of nitrogens with one attached hydrogen (secondary N) is 2. The zero-order chi connectivity index (χ0) is 29.2. The molecular formula is C29H27Cl2F3N2O4. The summed E-state index contributed by atoms with van der Waals surface area (Å²) >= 11 is 12.1. The lowest BCUT2D eigenvalue weighted by atomic mass is 9.70. The quantitative estimate of drug-likeness (QED) is 0.264. The zero-order valence-electron chi connectivity index (χ0n) is 21.5. The van der Waals surface area contributed by atoms with E-state index >= 15 is 0 Å². The number of rotatable bonds is 7. The molecule has 4 rings (SSSR count). The third-order valence-corrected chi connectivity index (χ3v) is 8.10. The fourth-order valence-electron chi connectivity index (χ4n) is 5.21. The Kier molecular flexibility index (Phi) is 8.66. The number of carbonyl (C=O) groups excluding carboxylic acids is 2. The summed E-state index contributed by atoms with van der Waals surface area (Å²) in [6.07, 6.45) is -1.08. The number of carbonyl (C=O) groups is 3. The first-order chi connectivity index (χ1) is 18.8. The van der Waals surface area contributed by atoms with Gasteiger partial charge in [-0.15, -0.1) is 0 Å². The molecule has 40 heavy (non-hydrogen) atoms. The second-order valence-corrected chi connectivity index (χ2v) is 11.2. The number of aliphatic carboxylic acids is 1. The molecule has 3 aromatic rings. The molecule has 1 aliphatic carbocycles. The van der Waals surface area contributed by atoms with Crippen LogP contribution in [0.25, 0.3) is 10.8 Å². The van der Waals surface area contributed by atoms with Crippen LogP contribution in [0.4, 0.5) is 18.9 Å². The molecular weight excluding hydrogens is 568 g/mol. The summed E-state index contributed by atoms with van der Waals surface area (Å²) in [6, 6.07) is 10.5. The zero-order valence-corrected chi connectivity index (χ0v) is 23.0. The van der Waals surface area contributed by atoms with E-state index in [0.717, 1.165) is 19.3 Å². The van der Waals surface area contributed by atoms with Gasteiger partial charge >= 0.3 is 12.1 Å². The van der Waals surface area contributed by atoms with E-state index in [9.17, 15) is 32.7 Å². The van der Waals surface area contributed by atoms with Gasteiger partial charge in [-0.2, -0.15) is 13.2 Å². The maximum Gasteiger partial charge on any atom is 0.416 e. The van der Waals surface area contributed by atoms with E-state index in [-0.39, 0.29) is 26.9 Å². The molecule has 0 spiro atoms. The van der Waals surface area contributed by atoms with Gasteiger partial charge < -0.3 is 15.7 Å². The van der Waals surface area contributed by atoms with Crippen molar-refractivity contribution in [3.8, 4) is 0 Å². The van der Waals surface area contributed by atoms with Crippen LogP contribution in [0.15, 0.2) is 48.5 Å². The molecule has 6 nitrogen and oxygen atoms in total. The molecule has 0 unspecified atom stereocenters. The summed E-state index contributed by atoms with van der Waals surface area (Å²) in [5.74, 6) is -2.50. The molecule has 0 heterocycles. The number of benzene rings is 3. The minimum Gasteiger partial charge on any atom is -0.480 e. The number of fused-ring (bicyclic) bond motifs is 1. The van der Waals surface area contributed by atoms with E-state index in [1.165, 1.54) is 0 Å². The Morgan fingerprint density at radius 3 is 2.10 bits per heavy atom. The van der Waals surface area contributed by atoms with Crippen LogP contribution in [-0.4, -0.2) is 28.9 Å². The Morgan fingerprint density at radius 2 is 1.55 bits per heavy atom. The van der Waals surface area contributed by atoms with Crippen molar-refractivity contribution in [1.29, 1.82) is 0 Å². The Bertz CT molecular complexity index is 1450. The van der Waals surface area contributed by atoms with E-state index in [2.05, 4.69) is 10.6 Å². The lowest BCUT2D eigenvalue weighted by Gasteiger charge is -2.38. The minimum atomic E-state index is -4.66. The molecule has 0 saturated heterocycles. The molecule has 0 aromatic heterocycles. The lowest BCUT2D eigenvalue weighted by molar-refractivity contribution is -0.143. The average Bonchev–Trinajstić information content (AvgIpc) is 2.88. The second-order valence-electron chi connectivity index (χ2n) is 10.3. The van der Waals surface area contributed by atoms with Gasteiger partial charge in [0.2, 0.25) is 5.91 Å². The van der Waals surface area contributed by atoms with Crippen LogP contribution in [0, 0.1) is 5.41 Å². The summed E-state index contributed by atoms with van der Waals surface area (Å²) in [5, 5.41) is 16.0. The van der Waals surface area contributed by atoms with Crippen LogP contribution in [0.5, 0.6) is 0 Å². The van der Waals surface area contributed by atoms with Crippen molar-refractivity contribution in [2.45, 2.75) is 57.7 Å². The largest absolute Gasteiger partial charge is 0.480 e. The summed E-state index contributed by atoms with van der Waals surface area (Å²) in [5.41, 5.74) is -1.52. The highest BCUT2D eigenvalue weighted by Crippen LogP contribution is 2.40. The van der Waals surface area contributed by atoms with Crippen molar-refractivity contribution in [2.24, 2.45) is 5.41 Å². The molecule has 0 radical (unpaired) electrons. The van der Waals surface area contributed by atoms with Crippen LogP contribution in [0.2, 0.25) is 10.0 Å². The maximum absolute atomic E-state index is 13.5. The highest BCUT2D eigenvalue weighted by Gasteiger charge is 2.41. The highest BCUT2D eigenvalue weighted by atomic mass is 35.5. The first kappa shape index (κ1) is 29.7. The van der Waals surface area contributed by atoms with Crippen molar-refractivity contribution < 1.29 is 32.7 Å². The normalized spacial score (nSPS) is 15.8. The van der Waals surface area contributed by atoms with Gasteiger partial charge in [0, 0.05) is 10.0 Å². The average molecular weight is 595 g/mol. The second kappa shape index (κ2) is 11.7. The fraction of sp³-hybridized carbons (Fsp3) is 0.345. The number of alkyl halides is 3. The molecule has 1 fully saturated rings. The monoisotopic (exact) mass is 594 g/mol. The van der Waals surface area contributed by atoms with Gasteiger partial charge in [-0.1, -0.05) is 73.7 Å². The van der Waals surface area contributed by atoms with Gasteiger partial charge in [-0.3, -0.25) is 9.59 Å². The van der Waals surface area contributed by atoms with Crippen molar-refractivity contribution in [3.63, 3.8) is 0 Å². The molecule has 1 saturated carbocycles. The summed E-state index contributed by atoms with van der Waals surface area (Å²) in [7, 11) is 0. The van der Waals surface area contributed by atoms with Gasteiger partial charge in [0.05, 0.1) is 23.2 Å². The highest BCUT2D eigenvalue weighted by molar-refractivity contribution is 6.36. The van der Waals surface area contributed by atoms with Crippen LogP contribution >= 0.6 is 23.2 Å². The topological polar surface area (TPSA) is 95.5 Å².